The normalized spacial score (nSPS) is 22.2. The second kappa shape index (κ2) is 14.5. The maximum absolute atomic E-state index is 14.2. The van der Waals surface area contributed by atoms with Gasteiger partial charge in [-0.25, -0.2) is 21.5 Å². The molecule has 0 bridgehead atoms. The molecule has 0 aromatic heterocycles. The molecule has 3 aliphatic rings. The number of nitrogens with one attached hydrogen (secondary N) is 1. The van der Waals surface area contributed by atoms with E-state index in [9.17, 15) is 26.8 Å². The summed E-state index contributed by atoms with van der Waals surface area (Å²) >= 11 is 0. The molecule has 0 radical (unpaired) electrons. The standard InChI is InChI=1S/C30H47F2N5O4S/c1-4-29(36-17-15-35(16-18-36)22(2)38)30(39)33-27-7-10-34(11-8-27)12-9-28(24-19-25(31)21-26(32)20-24)23-5-13-37(14-6-23)42(3,40)41/h19-21,23,27-29H,4-18H2,1-3H3,(H,33,39). The van der Waals surface area contributed by atoms with Crippen molar-refractivity contribution in [3.05, 3.63) is 35.4 Å². The third-order valence-electron chi connectivity index (χ3n) is 9.43. The van der Waals surface area contributed by atoms with Crippen LogP contribution in [0.4, 0.5) is 8.78 Å². The highest BCUT2D eigenvalue weighted by molar-refractivity contribution is 7.88. The Morgan fingerprint density at radius 2 is 1.52 bits per heavy atom. The predicted molar refractivity (Wildman–Crippen MR) is 158 cm³/mol. The number of benzene rings is 1. The number of amides is 2. The molecule has 1 aromatic carbocycles. The molecule has 3 heterocycles. The minimum absolute atomic E-state index is 0.0563. The van der Waals surface area contributed by atoms with E-state index in [2.05, 4.69) is 15.1 Å². The molecule has 0 saturated carbocycles. The number of piperazine rings is 1. The number of halogens is 2. The van der Waals surface area contributed by atoms with Gasteiger partial charge in [0.1, 0.15) is 11.6 Å². The lowest BCUT2D eigenvalue weighted by molar-refractivity contribution is -0.132. The molecule has 2 unspecified atom stereocenters. The molecule has 0 aliphatic carbocycles. The number of piperidine rings is 2. The Hall–Kier alpha value is -2.15. The maximum atomic E-state index is 14.2. The fourth-order valence-corrected chi connectivity index (χ4v) is 7.83. The average Bonchev–Trinajstić information content (AvgIpc) is 2.94. The zero-order valence-corrected chi connectivity index (χ0v) is 26.1. The molecule has 42 heavy (non-hydrogen) atoms. The lowest BCUT2D eigenvalue weighted by Crippen LogP contribution is -2.57. The Bertz CT molecular complexity index is 1160. The van der Waals surface area contributed by atoms with Crippen LogP contribution in [-0.4, -0.2) is 116 Å². The van der Waals surface area contributed by atoms with E-state index in [0.29, 0.717) is 57.7 Å². The largest absolute Gasteiger partial charge is 0.352 e. The number of hydrogen-bond acceptors (Lipinski definition) is 6. The molecule has 3 saturated heterocycles. The van der Waals surface area contributed by atoms with Gasteiger partial charge in [0.25, 0.3) is 0 Å². The Morgan fingerprint density at radius 1 is 0.929 bits per heavy atom. The van der Waals surface area contributed by atoms with Crippen LogP contribution < -0.4 is 5.32 Å². The molecular formula is C30H47F2N5O4S. The molecule has 3 fully saturated rings. The van der Waals surface area contributed by atoms with E-state index in [-0.39, 0.29) is 35.7 Å². The van der Waals surface area contributed by atoms with Crippen LogP contribution in [-0.2, 0) is 19.6 Å². The van der Waals surface area contributed by atoms with Gasteiger partial charge >= 0.3 is 0 Å². The van der Waals surface area contributed by atoms with Crippen molar-refractivity contribution in [1.29, 1.82) is 0 Å². The number of hydrogen-bond donors (Lipinski definition) is 1. The lowest BCUT2D eigenvalue weighted by atomic mass is 9.78. The van der Waals surface area contributed by atoms with Gasteiger partial charge < -0.3 is 15.1 Å². The number of carbonyl (C=O) groups excluding carboxylic acids is 2. The van der Waals surface area contributed by atoms with Gasteiger partial charge in [0, 0.05) is 71.4 Å². The summed E-state index contributed by atoms with van der Waals surface area (Å²) in [7, 11) is -3.26. The van der Waals surface area contributed by atoms with Crippen molar-refractivity contribution in [1.82, 2.24) is 24.3 Å². The summed E-state index contributed by atoms with van der Waals surface area (Å²) in [5.41, 5.74) is 0.641. The number of rotatable bonds is 10. The van der Waals surface area contributed by atoms with Crippen molar-refractivity contribution in [2.75, 3.05) is 65.2 Å². The lowest BCUT2D eigenvalue weighted by Gasteiger charge is -2.39. The summed E-state index contributed by atoms with van der Waals surface area (Å²) < 4.78 is 53.8. The monoisotopic (exact) mass is 611 g/mol. The van der Waals surface area contributed by atoms with E-state index >= 15 is 0 Å². The van der Waals surface area contributed by atoms with Crippen LogP contribution in [0.1, 0.15) is 63.9 Å². The van der Waals surface area contributed by atoms with E-state index in [4.69, 9.17) is 0 Å². The van der Waals surface area contributed by atoms with Crippen molar-refractivity contribution < 1.29 is 26.8 Å². The Kier molecular flexibility index (Phi) is 11.3. The topological polar surface area (TPSA) is 93.3 Å². The van der Waals surface area contributed by atoms with Crippen LogP contribution in [0.2, 0.25) is 0 Å². The van der Waals surface area contributed by atoms with Gasteiger partial charge in [0.05, 0.1) is 12.3 Å². The second-order valence-corrected chi connectivity index (χ2v) is 14.2. The first-order valence-electron chi connectivity index (χ1n) is 15.4. The smallest absolute Gasteiger partial charge is 0.237 e. The number of nitrogens with zero attached hydrogens (tertiary/aromatic N) is 4. The average molecular weight is 612 g/mol. The Balaban J connectivity index is 1.29. The van der Waals surface area contributed by atoms with Crippen molar-refractivity contribution in [3.63, 3.8) is 0 Å². The van der Waals surface area contributed by atoms with Crippen molar-refractivity contribution in [2.45, 2.75) is 70.4 Å². The SMILES string of the molecule is CCC(C(=O)NC1CCN(CCC(c2cc(F)cc(F)c2)C2CCN(S(C)(=O)=O)CC2)CC1)N1CCN(C(C)=O)CC1. The van der Waals surface area contributed by atoms with Crippen LogP contribution >= 0.6 is 0 Å². The quantitative estimate of drug-likeness (QED) is 0.438. The van der Waals surface area contributed by atoms with E-state index in [0.717, 1.165) is 51.4 Å². The molecule has 1 N–H and O–H groups in total. The molecule has 2 atom stereocenters. The van der Waals surface area contributed by atoms with Gasteiger partial charge in [0.2, 0.25) is 21.8 Å². The van der Waals surface area contributed by atoms with Crippen LogP contribution in [0.25, 0.3) is 0 Å². The predicted octanol–water partition coefficient (Wildman–Crippen LogP) is 2.63. The molecule has 9 nitrogen and oxygen atoms in total. The zero-order valence-electron chi connectivity index (χ0n) is 25.2. The number of sulfonamides is 1. The van der Waals surface area contributed by atoms with E-state index in [1.54, 1.807) is 6.92 Å². The van der Waals surface area contributed by atoms with E-state index < -0.39 is 21.7 Å². The second-order valence-electron chi connectivity index (χ2n) is 12.2. The third-order valence-corrected chi connectivity index (χ3v) is 10.7. The summed E-state index contributed by atoms with van der Waals surface area (Å²) in [4.78, 5) is 31.2. The van der Waals surface area contributed by atoms with Crippen molar-refractivity contribution >= 4 is 21.8 Å². The zero-order chi connectivity index (χ0) is 30.4. The molecule has 2 amide bonds. The van der Waals surface area contributed by atoms with Crippen LogP contribution in [0, 0.1) is 17.6 Å². The first-order valence-corrected chi connectivity index (χ1v) is 17.2. The van der Waals surface area contributed by atoms with Gasteiger partial charge in [-0.3, -0.25) is 14.5 Å². The molecule has 1 aromatic rings. The number of likely N-dealkylation sites (tertiary alicyclic amines) is 1. The summed E-state index contributed by atoms with van der Waals surface area (Å²) in [5.74, 6) is -0.976. The van der Waals surface area contributed by atoms with Gasteiger partial charge in [-0.2, -0.15) is 0 Å². The molecule has 12 heteroatoms. The van der Waals surface area contributed by atoms with E-state index in [1.165, 1.54) is 22.7 Å². The minimum Gasteiger partial charge on any atom is -0.352 e. The molecule has 4 rings (SSSR count). The van der Waals surface area contributed by atoms with Gasteiger partial charge in [-0.15, -0.1) is 0 Å². The van der Waals surface area contributed by atoms with Crippen molar-refractivity contribution in [3.8, 4) is 0 Å². The first-order chi connectivity index (χ1) is 19.9. The minimum atomic E-state index is -3.26. The highest BCUT2D eigenvalue weighted by atomic mass is 32.2. The van der Waals surface area contributed by atoms with Gasteiger partial charge in [-0.05, 0) is 74.6 Å². The maximum Gasteiger partial charge on any atom is 0.237 e. The van der Waals surface area contributed by atoms with Gasteiger partial charge in [-0.1, -0.05) is 6.92 Å². The fourth-order valence-electron chi connectivity index (χ4n) is 6.95. The van der Waals surface area contributed by atoms with Crippen molar-refractivity contribution in [2.24, 2.45) is 5.92 Å². The number of carbonyl (C=O) groups is 2. The fraction of sp³-hybridized carbons (Fsp3) is 0.733. The first kappa shape index (κ1) is 32.8. The van der Waals surface area contributed by atoms with Crippen LogP contribution in [0.5, 0.6) is 0 Å². The summed E-state index contributed by atoms with van der Waals surface area (Å²) in [6.45, 7) is 9.59. The van der Waals surface area contributed by atoms with Crippen LogP contribution in [0.15, 0.2) is 18.2 Å². The highest BCUT2D eigenvalue weighted by Gasteiger charge is 2.33. The van der Waals surface area contributed by atoms with Gasteiger partial charge in [0.15, 0.2) is 0 Å². The molecular weight excluding hydrogens is 564 g/mol. The molecule has 3 aliphatic heterocycles. The Morgan fingerprint density at radius 3 is 2.05 bits per heavy atom. The molecule has 0 spiro atoms. The highest BCUT2D eigenvalue weighted by Crippen LogP contribution is 2.37. The Labute approximate surface area is 249 Å². The van der Waals surface area contributed by atoms with Crippen LogP contribution in [0.3, 0.4) is 0 Å². The van der Waals surface area contributed by atoms with E-state index in [1.807, 2.05) is 11.8 Å². The summed E-state index contributed by atoms with van der Waals surface area (Å²) in [6, 6.07) is 3.64. The third kappa shape index (κ3) is 8.70. The summed E-state index contributed by atoms with van der Waals surface area (Å²) in [6.07, 6.45) is 5.67. The molecule has 236 valence electrons. The summed E-state index contributed by atoms with van der Waals surface area (Å²) in [5, 5.41) is 3.27.